The van der Waals surface area contributed by atoms with Crippen LogP contribution in [-0.2, 0) is 57.1 Å². The van der Waals surface area contributed by atoms with Crippen LogP contribution in [-0.4, -0.2) is 156 Å². The number of hydrogen-bond donors (Lipinski definition) is 5. The zero-order chi connectivity index (χ0) is 36.8. The van der Waals surface area contributed by atoms with E-state index in [9.17, 15) is 24.0 Å². The molecule has 9 atom stereocenters. The van der Waals surface area contributed by atoms with Gasteiger partial charge in [0.1, 0.15) is 67.3 Å². The highest BCUT2D eigenvalue weighted by Gasteiger charge is 2.37. The highest BCUT2D eigenvalue weighted by molar-refractivity contribution is 6.11. The predicted molar refractivity (Wildman–Crippen MR) is 168 cm³/mol. The van der Waals surface area contributed by atoms with Crippen LogP contribution in [0.5, 0.6) is 0 Å². The summed E-state index contributed by atoms with van der Waals surface area (Å²) >= 11 is 0. The van der Waals surface area contributed by atoms with Crippen molar-refractivity contribution in [1.29, 1.82) is 0 Å². The van der Waals surface area contributed by atoms with E-state index in [1.54, 1.807) is 20.8 Å². The summed E-state index contributed by atoms with van der Waals surface area (Å²) in [5, 5.41) is 25.2. The normalized spacial score (nSPS) is 28.6. The highest BCUT2D eigenvalue weighted by atomic mass is 16.6. The molecule has 0 aliphatic carbocycles. The Bertz CT molecular complexity index is 926. The Morgan fingerprint density at radius 2 is 1.06 bits per heavy atom. The minimum atomic E-state index is -0.745. The van der Waals surface area contributed by atoms with E-state index in [0.29, 0.717) is 32.1 Å². The Morgan fingerprint density at radius 3 is 1.40 bits per heavy atom. The van der Waals surface area contributed by atoms with Crippen molar-refractivity contribution in [3.05, 3.63) is 0 Å². The van der Waals surface area contributed by atoms with Crippen molar-refractivity contribution in [3.8, 4) is 0 Å². The van der Waals surface area contributed by atoms with Crippen molar-refractivity contribution in [2.45, 2.75) is 114 Å². The molecular formula is C28H47B3N2O15. The fourth-order valence-corrected chi connectivity index (χ4v) is 3.94. The first-order chi connectivity index (χ1) is 22.6. The Labute approximate surface area is 284 Å². The van der Waals surface area contributed by atoms with Gasteiger partial charge in [-0.25, -0.2) is 0 Å². The van der Waals surface area contributed by atoms with Gasteiger partial charge in [-0.15, -0.1) is 0 Å². The second kappa shape index (κ2) is 25.3. The van der Waals surface area contributed by atoms with Gasteiger partial charge in [-0.3, -0.25) is 24.0 Å². The van der Waals surface area contributed by atoms with Crippen LogP contribution in [0.15, 0.2) is 0 Å². The second-order valence-electron chi connectivity index (χ2n) is 10.4. The third-order valence-electron chi connectivity index (χ3n) is 6.49. The maximum Gasteiger partial charge on any atom is 0.320 e. The van der Waals surface area contributed by atoms with Gasteiger partial charge < -0.3 is 59.9 Å². The molecule has 0 saturated carbocycles. The topological polar surface area (TPSA) is 263 Å². The zero-order valence-corrected chi connectivity index (χ0v) is 27.6. The number of carboxylic acids is 1. The summed E-state index contributed by atoms with van der Waals surface area (Å²) < 4.78 is 35.4. The highest BCUT2D eigenvalue weighted by Crippen LogP contribution is 2.23. The van der Waals surface area contributed by atoms with Crippen LogP contribution in [0.2, 0.25) is 0 Å². The number of aliphatic carboxylic acids is 1. The number of aliphatic hydroxyl groups excluding tert-OH is 2. The van der Waals surface area contributed by atoms with Crippen LogP contribution in [0.25, 0.3) is 0 Å². The summed E-state index contributed by atoms with van der Waals surface area (Å²) in [5.74, 6) is -2.47. The standard InChI is InChI=1S/C11H17BO5.C9H15BN2O5.C5H9BO3.C3H6O2/c1-3-10(13)15-6-8-7(5-9(12)16-8)17-11(14)4-2;10-7-1-5(17-9(14)3-12)6(16-7)4-15-8(13)2-11;6-5-1-3(8)4(2-7)9-5;1-2-3(4)5/h7-9H,3-6H2,1-2H3;5-7H,1-4,11-12H2;3-5,7-8H,1-2H2;2H2,1H3,(H,4,5)/t7-,8-,9-;5-,6-,7-;3-,4-,5-;/m000./s1. The van der Waals surface area contributed by atoms with Gasteiger partial charge in [-0.1, -0.05) is 20.8 Å². The van der Waals surface area contributed by atoms with Crippen LogP contribution in [0, 0.1) is 0 Å². The number of hydrogen-bond acceptors (Lipinski definition) is 16. The average Bonchev–Trinajstić information content (AvgIpc) is 3.72. The van der Waals surface area contributed by atoms with Gasteiger partial charge in [-0.05, 0) is 6.42 Å². The molecule has 3 fully saturated rings. The molecule has 0 amide bonds. The van der Waals surface area contributed by atoms with E-state index in [-0.39, 0.29) is 51.3 Å². The molecule has 3 saturated heterocycles. The molecule has 268 valence electrons. The lowest BCUT2D eigenvalue weighted by molar-refractivity contribution is -0.157. The van der Waals surface area contributed by atoms with Crippen molar-refractivity contribution in [2.75, 3.05) is 32.9 Å². The molecule has 3 heterocycles. The molecule has 48 heavy (non-hydrogen) atoms. The molecule has 3 aliphatic rings. The third kappa shape index (κ3) is 19.3. The second-order valence-corrected chi connectivity index (χ2v) is 10.4. The third-order valence-corrected chi connectivity index (χ3v) is 6.49. The molecule has 0 aromatic rings. The van der Waals surface area contributed by atoms with Gasteiger partial charge in [0.2, 0.25) is 0 Å². The number of esters is 4. The molecule has 3 aliphatic heterocycles. The molecule has 0 aromatic heterocycles. The summed E-state index contributed by atoms with van der Waals surface area (Å²) in [5.41, 5.74) is 10.2. The predicted octanol–water partition coefficient (Wildman–Crippen LogP) is -2.71. The lowest BCUT2D eigenvalue weighted by atomic mass is 9.96. The first-order valence-corrected chi connectivity index (χ1v) is 15.5. The minimum Gasteiger partial charge on any atom is -0.481 e. The van der Waals surface area contributed by atoms with Gasteiger partial charge >= 0.3 is 29.8 Å². The maximum atomic E-state index is 11.2. The molecule has 0 spiro atoms. The smallest absolute Gasteiger partial charge is 0.320 e. The van der Waals surface area contributed by atoms with E-state index >= 15 is 0 Å². The van der Waals surface area contributed by atoms with Crippen molar-refractivity contribution < 1.29 is 72.5 Å². The summed E-state index contributed by atoms with van der Waals surface area (Å²) in [4.78, 5) is 53.5. The largest absolute Gasteiger partial charge is 0.481 e. The van der Waals surface area contributed by atoms with Crippen molar-refractivity contribution >= 4 is 53.4 Å². The quantitative estimate of drug-likeness (QED) is 0.0795. The molecule has 0 aromatic carbocycles. The molecule has 6 radical (unpaired) electrons. The molecule has 3 rings (SSSR count). The van der Waals surface area contributed by atoms with Gasteiger partial charge in [-0.2, -0.15) is 0 Å². The van der Waals surface area contributed by atoms with Crippen LogP contribution < -0.4 is 11.5 Å². The molecule has 17 nitrogen and oxygen atoms in total. The lowest BCUT2D eigenvalue weighted by Gasteiger charge is -2.18. The Hall–Kier alpha value is -2.74. The van der Waals surface area contributed by atoms with E-state index in [1.165, 1.54) is 0 Å². The van der Waals surface area contributed by atoms with E-state index in [2.05, 4.69) is 0 Å². The lowest BCUT2D eigenvalue weighted by Crippen LogP contribution is -2.34. The SMILES string of the molecule is CCC(=O)O.[B][C@@H]1C[C@H](O)[C@H](CO)O1.[B][C@@H]1C[C@H](OC(=O)CC)[C@H](COC(=O)CC)O1.[B][C@@H]1C[C@H](OC(=O)CN)[C@H](COC(=O)CN)O1. The first-order valence-electron chi connectivity index (χ1n) is 15.5. The zero-order valence-electron chi connectivity index (χ0n) is 27.6. The van der Waals surface area contributed by atoms with Crippen LogP contribution in [0.1, 0.15) is 59.3 Å². The summed E-state index contributed by atoms with van der Waals surface area (Å²) in [6.07, 6.45) is -1.06. The fraction of sp³-hybridized carbons (Fsp3) is 0.821. The molecular weight excluding hydrogens is 637 g/mol. The number of nitrogens with two attached hydrogens (primary N) is 2. The van der Waals surface area contributed by atoms with E-state index in [0.717, 1.165) is 0 Å². The van der Waals surface area contributed by atoms with Gasteiger partial charge in [0.25, 0.3) is 0 Å². The number of ether oxygens (including phenoxy) is 7. The van der Waals surface area contributed by atoms with Crippen LogP contribution in [0.4, 0.5) is 0 Å². The van der Waals surface area contributed by atoms with E-state index in [4.69, 9.17) is 83.5 Å². The van der Waals surface area contributed by atoms with Crippen molar-refractivity contribution in [2.24, 2.45) is 11.5 Å². The first kappa shape index (κ1) is 45.3. The number of carbonyl (C=O) groups excluding carboxylic acids is 4. The van der Waals surface area contributed by atoms with Gasteiger partial charge in [0.15, 0.2) is 0 Å². The minimum absolute atomic E-state index is 0.0494. The van der Waals surface area contributed by atoms with E-state index < -0.39 is 72.5 Å². The van der Waals surface area contributed by atoms with Gasteiger partial charge in [0, 0.05) is 50.1 Å². The van der Waals surface area contributed by atoms with Crippen molar-refractivity contribution in [3.63, 3.8) is 0 Å². The monoisotopic (exact) mass is 684 g/mol. The Kier molecular flexibility index (Phi) is 23.8. The number of aliphatic hydroxyl groups is 2. The maximum absolute atomic E-state index is 11.2. The van der Waals surface area contributed by atoms with Crippen LogP contribution in [0.3, 0.4) is 0 Å². The number of rotatable bonds is 12. The fourth-order valence-electron chi connectivity index (χ4n) is 3.94. The van der Waals surface area contributed by atoms with Gasteiger partial charge in [0.05, 0.1) is 25.8 Å². The molecule has 0 bridgehead atoms. The molecule has 7 N–H and O–H groups in total. The summed E-state index contributed by atoms with van der Waals surface area (Å²) in [6.45, 7) is 4.45. The van der Waals surface area contributed by atoms with Crippen LogP contribution >= 0.6 is 0 Å². The number of carboxylic acid groups (broad SMARTS) is 1. The Balaban J connectivity index is 0.000000668. The molecule has 20 heteroatoms. The summed E-state index contributed by atoms with van der Waals surface area (Å²) in [6, 6.07) is -1.43. The summed E-state index contributed by atoms with van der Waals surface area (Å²) in [7, 11) is 16.5. The number of carbonyl (C=O) groups is 5. The van der Waals surface area contributed by atoms with Crippen molar-refractivity contribution in [1.82, 2.24) is 0 Å². The average molecular weight is 684 g/mol. The Morgan fingerprint density at radius 1 is 0.667 bits per heavy atom. The molecule has 0 unspecified atom stereocenters. The van der Waals surface area contributed by atoms with E-state index in [1.807, 2.05) is 0 Å².